The molecule has 0 spiro atoms. The summed E-state index contributed by atoms with van der Waals surface area (Å²) in [5.74, 6) is 3.09. The molecule has 2 aliphatic carbocycles. The lowest BCUT2D eigenvalue weighted by Gasteiger charge is -2.24. The lowest BCUT2D eigenvalue weighted by molar-refractivity contribution is 0.276. The first kappa shape index (κ1) is 15.4. The normalized spacial score (nSPS) is 33.6. The third-order valence-corrected chi connectivity index (χ3v) is 6.19. The van der Waals surface area contributed by atoms with Crippen molar-refractivity contribution in [2.45, 2.75) is 97.8 Å². The Labute approximate surface area is 121 Å². The van der Waals surface area contributed by atoms with Gasteiger partial charge in [-0.05, 0) is 55.3 Å². The molecule has 112 valence electrons. The van der Waals surface area contributed by atoms with Crippen LogP contribution in [0.3, 0.4) is 0 Å². The molecule has 0 nitrogen and oxygen atoms in total. The molecule has 0 aromatic heterocycles. The van der Waals surface area contributed by atoms with Crippen molar-refractivity contribution < 1.29 is 0 Å². The molecule has 0 aliphatic heterocycles. The number of hydrogen-bond donors (Lipinski definition) is 0. The fraction of sp³-hybridized carbons (Fsp3) is 1.00. The Morgan fingerprint density at radius 2 is 1.42 bits per heavy atom. The lowest BCUT2D eigenvalue weighted by atomic mass is 9.82. The third kappa shape index (κ3) is 5.12. The molecule has 0 bridgehead atoms. The maximum Gasteiger partial charge on any atom is -0.0354 e. The van der Waals surface area contributed by atoms with Gasteiger partial charge in [0.2, 0.25) is 0 Å². The van der Waals surface area contributed by atoms with Crippen molar-refractivity contribution in [1.82, 2.24) is 0 Å². The molecule has 2 fully saturated rings. The van der Waals surface area contributed by atoms with Gasteiger partial charge in [-0.15, -0.1) is 0 Å². The maximum absolute atomic E-state index is 2.53. The van der Waals surface area contributed by atoms with Crippen molar-refractivity contribution >= 4 is 0 Å². The van der Waals surface area contributed by atoms with E-state index in [4.69, 9.17) is 0 Å². The van der Waals surface area contributed by atoms with Crippen LogP contribution in [0, 0.1) is 23.2 Å². The summed E-state index contributed by atoms with van der Waals surface area (Å²) in [6, 6.07) is 0. The van der Waals surface area contributed by atoms with Crippen molar-refractivity contribution in [2.24, 2.45) is 23.2 Å². The summed E-state index contributed by atoms with van der Waals surface area (Å²) < 4.78 is 0. The molecule has 0 saturated heterocycles. The number of hydrogen-bond acceptors (Lipinski definition) is 0. The molecule has 2 saturated carbocycles. The van der Waals surface area contributed by atoms with Crippen LogP contribution in [-0.4, -0.2) is 0 Å². The van der Waals surface area contributed by atoms with E-state index in [1.807, 2.05) is 0 Å². The standard InChI is InChI=1S/C19H36/c1-16-12-14-19(2,3)15-13-18(16)11-10-17-8-6-4-5-7-9-17/h16-18H,4-15H2,1-3H3. The second-order valence-electron chi connectivity index (χ2n) is 8.41. The largest absolute Gasteiger partial charge is 0.0622 e. The highest BCUT2D eigenvalue weighted by molar-refractivity contribution is 4.80. The van der Waals surface area contributed by atoms with E-state index in [0.717, 1.165) is 17.8 Å². The van der Waals surface area contributed by atoms with Crippen molar-refractivity contribution in [1.29, 1.82) is 0 Å². The van der Waals surface area contributed by atoms with Gasteiger partial charge in [-0.3, -0.25) is 0 Å². The first-order chi connectivity index (χ1) is 9.07. The Bertz CT molecular complexity index is 245. The number of rotatable bonds is 3. The average Bonchev–Trinajstić information content (AvgIpc) is 2.70. The smallest absolute Gasteiger partial charge is 0.0354 e. The first-order valence-corrected chi connectivity index (χ1v) is 9.07. The minimum absolute atomic E-state index is 0.616. The Morgan fingerprint density at radius 1 is 0.789 bits per heavy atom. The van der Waals surface area contributed by atoms with Crippen molar-refractivity contribution in [3.05, 3.63) is 0 Å². The molecule has 2 atom stereocenters. The molecule has 2 rings (SSSR count). The highest BCUT2D eigenvalue weighted by Crippen LogP contribution is 2.41. The lowest BCUT2D eigenvalue weighted by Crippen LogP contribution is -2.12. The Morgan fingerprint density at radius 3 is 2.11 bits per heavy atom. The fourth-order valence-electron chi connectivity index (χ4n) is 4.37. The van der Waals surface area contributed by atoms with Gasteiger partial charge in [0.15, 0.2) is 0 Å². The van der Waals surface area contributed by atoms with E-state index in [9.17, 15) is 0 Å². The minimum atomic E-state index is 0.616. The van der Waals surface area contributed by atoms with Gasteiger partial charge in [0.1, 0.15) is 0 Å². The van der Waals surface area contributed by atoms with E-state index >= 15 is 0 Å². The molecule has 0 amide bonds. The van der Waals surface area contributed by atoms with E-state index in [2.05, 4.69) is 20.8 Å². The topological polar surface area (TPSA) is 0 Å². The third-order valence-electron chi connectivity index (χ3n) is 6.19. The van der Waals surface area contributed by atoms with Crippen LogP contribution in [0.15, 0.2) is 0 Å². The molecule has 2 aliphatic rings. The summed E-state index contributed by atoms with van der Waals surface area (Å²) in [4.78, 5) is 0. The van der Waals surface area contributed by atoms with Gasteiger partial charge in [-0.1, -0.05) is 65.7 Å². The summed E-state index contributed by atoms with van der Waals surface area (Å²) in [5, 5.41) is 0. The summed E-state index contributed by atoms with van der Waals surface area (Å²) in [6.07, 6.45) is 18.1. The second kappa shape index (κ2) is 7.14. The van der Waals surface area contributed by atoms with Crippen LogP contribution < -0.4 is 0 Å². The molecule has 0 heterocycles. The Hall–Kier alpha value is 0. The molecule has 0 heteroatoms. The van der Waals surface area contributed by atoms with Crippen molar-refractivity contribution in [2.75, 3.05) is 0 Å². The maximum atomic E-state index is 2.53. The van der Waals surface area contributed by atoms with Crippen LogP contribution in [0.4, 0.5) is 0 Å². The molecule has 0 N–H and O–H groups in total. The SMILES string of the molecule is CC1CCC(C)(C)CCC1CCC1CCCCCC1. The van der Waals surface area contributed by atoms with E-state index in [0.29, 0.717) is 5.41 Å². The quantitative estimate of drug-likeness (QED) is 0.504. The second-order valence-corrected chi connectivity index (χ2v) is 8.41. The molecular formula is C19H36. The van der Waals surface area contributed by atoms with Gasteiger partial charge >= 0.3 is 0 Å². The van der Waals surface area contributed by atoms with Crippen LogP contribution >= 0.6 is 0 Å². The van der Waals surface area contributed by atoms with Crippen LogP contribution in [0.1, 0.15) is 97.8 Å². The molecule has 0 radical (unpaired) electrons. The highest BCUT2D eigenvalue weighted by Gasteiger charge is 2.29. The van der Waals surface area contributed by atoms with E-state index in [1.165, 1.54) is 77.0 Å². The monoisotopic (exact) mass is 264 g/mol. The molecular weight excluding hydrogens is 228 g/mol. The van der Waals surface area contributed by atoms with Crippen LogP contribution in [-0.2, 0) is 0 Å². The van der Waals surface area contributed by atoms with Crippen molar-refractivity contribution in [3.63, 3.8) is 0 Å². The molecule has 0 aromatic rings. The van der Waals surface area contributed by atoms with E-state index < -0.39 is 0 Å². The van der Waals surface area contributed by atoms with E-state index in [-0.39, 0.29) is 0 Å². The molecule has 19 heavy (non-hydrogen) atoms. The van der Waals surface area contributed by atoms with Gasteiger partial charge in [0, 0.05) is 0 Å². The highest BCUT2D eigenvalue weighted by atomic mass is 14.3. The zero-order valence-electron chi connectivity index (χ0n) is 13.7. The zero-order valence-corrected chi connectivity index (χ0v) is 13.7. The van der Waals surface area contributed by atoms with Crippen LogP contribution in [0.25, 0.3) is 0 Å². The molecule has 2 unspecified atom stereocenters. The zero-order chi connectivity index (χ0) is 13.7. The Kier molecular flexibility index (Phi) is 5.78. The summed E-state index contributed by atoms with van der Waals surface area (Å²) >= 11 is 0. The van der Waals surface area contributed by atoms with E-state index in [1.54, 1.807) is 0 Å². The first-order valence-electron chi connectivity index (χ1n) is 9.07. The van der Waals surface area contributed by atoms with Crippen LogP contribution in [0.5, 0.6) is 0 Å². The Balaban J connectivity index is 1.77. The van der Waals surface area contributed by atoms with Gasteiger partial charge in [0.05, 0.1) is 0 Å². The van der Waals surface area contributed by atoms with Gasteiger partial charge in [-0.25, -0.2) is 0 Å². The predicted octanol–water partition coefficient (Wildman–Crippen LogP) is 6.59. The fourth-order valence-corrected chi connectivity index (χ4v) is 4.37. The van der Waals surface area contributed by atoms with Gasteiger partial charge in [-0.2, -0.15) is 0 Å². The molecule has 0 aromatic carbocycles. The van der Waals surface area contributed by atoms with Crippen LogP contribution in [0.2, 0.25) is 0 Å². The summed E-state index contributed by atoms with van der Waals surface area (Å²) in [7, 11) is 0. The van der Waals surface area contributed by atoms with Gasteiger partial charge in [0.25, 0.3) is 0 Å². The summed E-state index contributed by atoms with van der Waals surface area (Å²) in [5.41, 5.74) is 0.616. The minimum Gasteiger partial charge on any atom is -0.0622 e. The average molecular weight is 264 g/mol. The van der Waals surface area contributed by atoms with Crippen molar-refractivity contribution in [3.8, 4) is 0 Å². The summed E-state index contributed by atoms with van der Waals surface area (Å²) in [6.45, 7) is 7.49. The van der Waals surface area contributed by atoms with Gasteiger partial charge < -0.3 is 0 Å². The predicted molar refractivity (Wildman–Crippen MR) is 85.3 cm³/mol.